The summed E-state index contributed by atoms with van der Waals surface area (Å²) in [6.45, 7) is 1.37. The minimum absolute atomic E-state index is 0.115. The lowest BCUT2D eigenvalue weighted by Crippen LogP contribution is -2.45. The normalized spacial score (nSPS) is 13.1. The number of carbonyl (C=O) groups excluding carboxylic acids is 1. The van der Waals surface area contributed by atoms with Crippen LogP contribution in [0.2, 0.25) is 5.02 Å². The van der Waals surface area contributed by atoms with Gasteiger partial charge in [-0.15, -0.1) is 0 Å². The largest absolute Gasteiger partial charge is 0.416 e. The van der Waals surface area contributed by atoms with Crippen molar-refractivity contribution in [3.05, 3.63) is 59.1 Å². The Kier molecular flexibility index (Phi) is 6.06. The van der Waals surface area contributed by atoms with Gasteiger partial charge in [-0.05, 0) is 55.5 Å². The van der Waals surface area contributed by atoms with E-state index in [-0.39, 0.29) is 11.4 Å². The lowest BCUT2D eigenvalue weighted by atomic mass is 10.2. The molecule has 0 spiro atoms. The molecule has 2 rings (SSSR count). The number of alkyl halides is 3. The smallest absolute Gasteiger partial charge is 0.324 e. The number of hydrogen-bond donors (Lipinski definition) is 1. The first kappa shape index (κ1) is 21.0. The zero-order valence-corrected chi connectivity index (χ0v) is 15.9. The van der Waals surface area contributed by atoms with Crippen molar-refractivity contribution in [3.8, 4) is 0 Å². The summed E-state index contributed by atoms with van der Waals surface area (Å²) in [6, 6.07) is 8.56. The highest BCUT2D eigenvalue weighted by Crippen LogP contribution is 2.30. The van der Waals surface area contributed by atoms with E-state index in [1.54, 1.807) is 0 Å². The lowest BCUT2D eigenvalue weighted by molar-refractivity contribution is -0.137. The van der Waals surface area contributed by atoms with Gasteiger partial charge in [-0.3, -0.25) is 9.10 Å². The summed E-state index contributed by atoms with van der Waals surface area (Å²) in [5.41, 5.74) is -0.506. The minimum atomic E-state index is -4.49. The Labute approximate surface area is 159 Å². The molecule has 0 aliphatic heterocycles. The van der Waals surface area contributed by atoms with Crippen molar-refractivity contribution in [1.82, 2.24) is 0 Å². The molecule has 2 aromatic rings. The van der Waals surface area contributed by atoms with E-state index in [0.29, 0.717) is 5.02 Å². The maximum absolute atomic E-state index is 12.6. The van der Waals surface area contributed by atoms with Gasteiger partial charge in [0.2, 0.25) is 15.9 Å². The quantitative estimate of drug-likeness (QED) is 0.790. The Morgan fingerprint density at radius 3 is 2.04 bits per heavy atom. The van der Waals surface area contributed by atoms with Gasteiger partial charge in [-0.2, -0.15) is 13.2 Å². The lowest BCUT2D eigenvalue weighted by Gasteiger charge is -2.28. The number of amides is 1. The maximum Gasteiger partial charge on any atom is 0.416 e. The van der Waals surface area contributed by atoms with E-state index in [4.69, 9.17) is 11.6 Å². The first-order chi connectivity index (χ1) is 12.4. The Bertz CT molecular complexity index is 914. The molecule has 0 radical (unpaired) electrons. The highest BCUT2D eigenvalue weighted by molar-refractivity contribution is 7.92. The third kappa shape index (κ3) is 5.36. The van der Waals surface area contributed by atoms with Gasteiger partial charge in [0.1, 0.15) is 6.04 Å². The molecule has 1 amide bonds. The summed E-state index contributed by atoms with van der Waals surface area (Å²) in [4.78, 5) is 12.5. The van der Waals surface area contributed by atoms with Gasteiger partial charge in [0, 0.05) is 10.7 Å². The summed E-state index contributed by atoms with van der Waals surface area (Å²) < 4.78 is 63.0. The topological polar surface area (TPSA) is 66.5 Å². The van der Waals surface area contributed by atoms with Crippen LogP contribution >= 0.6 is 11.6 Å². The standard InChI is InChI=1S/C17H16ClF3N2O3S/c1-11(23(27(2,25)26)15-9-5-13(18)6-10-15)16(24)22-14-7-3-12(4-8-14)17(19,20)21/h3-11H,1-2H3,(H,22,24). The monoisotopic (exact) mass is 420 g/mol. The fourth-order valence-electron chi connectivity index (χ4n) is 2.39. The molecule has 27 heavy (non-hydrogen) atoms. The zero-order valence-electron chi connectivity index (χ0n) is 14.3. The third-order valence-corrected chi connectivity index (χ3v) is 5.14. The van der Waals surface area contributed by atoms with Crippen LogP contribution in [-0.2, 0) is 21.0 Å². The molecule has 1 atom stereocenters. The number of halogens is 4. The predicted octanol–water partition coefficient (Wildman–Crippen LogP) is 4.15. The number of rotatable bonds is 5. The predicted molar refractivity (Wildman–Crippen MR) is 98.3 cm³/mol. The average Bonchev–Trinajstić information content (AvgIpc) is 2.55. The third-order valence-electron chi connectivity index (χ3n) is 3.65. The highest BCUT2D eigenvalue weighted by Gasteiger charge is 2.31. The van der Waals surface area contributed by atoms with E-state index in [0.717, 1.165) is 34.8 Å². The number of hydrogen-bond acceptors (Lipinski definition) is 3. The van der Waals surface area contributed by atoms with Gasteiger partial charge in [0.25, 0.3) is 0 Å². The van der Waals surface area contributed by atoms with E-state index in [1.807, 2.05) is 0 Å². The van der Waals surface area contributed by atoms with Crippen molar-refractivity contribution in [2.75, 3.05) is 15.9 Å². The second-order valence-electron chi connectivity index (χ2n) is 5.78. The molecule has 0 bridgehead atoms. The highest BCUT2D eigenvalue weighted by atomic mass is 35.5. The van der Waals surface area contributed by atoms with Gasteiger partial charge in [-0.25, -0.2) is 8.42 Å². The van der Waals surface area contributed by atoms with Gasteiger partial charge in [-0.1, -0.05) is 11.6 Å². The second-order valence-corrected chi connectivity index (χ2v) is 8.07. The van der Waals surface area contributed by atoms with Crippen LogP contribution in [0.1, 0.15) is 12.5 Å². The molecular weight excluding hydrogens is 405 g/mol. The van der Waals surface area contributed by atoms with Crippen molar-refractivity contribution in [3.63, 3.8) is 0 Å². The van der Waals surface area contributed by atoms with Crippen molar-refractivity contribution >= 4 is 38.9 Å². The van der Waals surface area contributed by atoms with Gasteiger partial charge < -0.3 is 5.32 Å². The fourth-order valence-corrected chi connectivity index (χ4v) is 3.69. The van der Waals surface area contributed by atoms with Crippen molar-refractivity contribution in [2.45, 2.75) is 19.1 Å². The first-order valence-electron chi connectivity index (χ1n) is 7.62. The SMILES string of the molecule is CC(C(=O)Nc1ccc(C(F)(F)F)cc1)N(c1ccc(Cl)cc1)S(C)(=O)=O. The van der Waals surface area contributed by atoms with Crippen LogP contribution in [0.4, 0.5) is 24.5 Å². The van der Waals surface area contributed by atoms with E-state index < -0.39 is 33.7 Å². The molecule has 10 heteroatoms. The van der Waals surface area contributed by atoms with Gasteiger partial charge >= 0.3 is 6.18 Å². The van der Waals surface area contributed by atoms with Crippen molar-refractivity contribution in [2.24, 2.45) is 0 Å². The van der Waals surface area contributed by atoms with E-state index >= 15 is 0 Å². The minimum Gasteiger partial charge on any atom is -0.324 e. The summed E-state index contributed by atoms with van der Waals surface area (Å²) in [7, 11) is -3.81. The summed E-state index contributed by atoms with van der Waals surface area (Å²) >= 11 is 5.80. The molecule has 0 fully saturated rings. The number of nitrogens with zero attached hydrogens (tertiary/aromatic N) is 1. The van der Waals surface area contributed by atoms with E-state index in [2.05, 4.69) is 5.32 Å². The molecule has 0 heterocycles. The Morgan fingerprint density at radius 2 is 1.59 bits per heavy atom. The van der Waals surface area contributed by atoms with Crippen molar-refractivity contribution in [1.29, 1.82) is 0 Å². The second kappa shape index (κ2) is 7.77. The Balaban J connectivity index is 2.23. The molecule has 2 aromatic carbocycles. The first-order valence-corrected chi connectivity index (χ1v) is 9.85. The van der Waals surface area contributed by atoms with Crippen LogP contribution in [0.3, 0.4) is 0 Å². The Morgan fingerprint density at radius 1 is 1.07 bits per heavy atom. The summed E-state index contributed by atoms with van der Waals surface area (Å²) in [5, 5.41) is 2.81. The van der Waals surface area contributed by atoms with E-state index in [9.17, 15) is 26.4 Å². The van der Waals surface area contributed by atoms with Crippen LogP contribution < -0.4 is 9.62 Å². The average molecular weight is 421 g/mol. The van der Waals surface area contributed by atoms with Crippen LogP contribution in [0, 0.1) is 0 Å². The molecule has 146 valence electrons. The number of carbonyl (C=O) groups is 1. The zero-order chi connectivity index (χ0) is 20.4. The molecule has 0 aliphatic rings. The number of anilines is 2. The molecule has 1 unspecified atom stereocenters. The van der Waals surface area contributed by atoms with Crippen LogP contribution in [0.25, 0.3) is 0 Å². The van der Waals surface area contributed by atoms with Crippen LogP contribution in [0.5, 0.6) is 0 Å². The molecule has 0 aliphatic carbocycles. The van der Waals surface area contributed by atoms with Crippen molar-refractivity contribution < 1.29 is 26.4 Å². The number of benzene rings is 2. The Hall–Kier alpha value is -2.26. The number of sulfonamides is 1. The van der Waals surface area contributed by atoms with Gasteiger partial charge in [0.05, 0.1) is 17.5 Å². The molecule has 1 N–H and O–H groups in total. The summed E-state index contributed by atoms with van der Waals surface area (Å²) in [5.74, 6) is -0.699. The van der Waals surface area contributed by atoms with Crippen LogP contribution in [0.15, 0.2) is 48.5 Å². The molecule has 0 saturated heterocycles. The fraction of sp³-hybridized carbons (Fsp3) is 0.235. The molecule has 0 saturated carbocycles. The number of nitrogens with one attached hydrogen (secondary N) is 1. The molecular formula is C17H16ClF3N2O3S. The molecule has 5 nitrogen and oxygen atoms in total. The van der Waals surface area contributed by atoms with Crippen LogP contribution in [-0.4, -0.2) is 26.6 Å². The van der Waals surface area contributed by atoms with E-state index in [1.165, 1.54) is 31.2 Å². The van der Waals surface area contributed by atoms with Gasteiger partial charge in [0.15, 0.2) is 0 Å². The maximum atomic E-state index is 12.6. The summed E-state index contributed by atoms with van der Waals surface area (Å²) in [6.07, 6.45) is -3.54. The molecule has 0 aromatic heterocycles.